The summed E-state index contributed by atoms with van der Waals surface area (Å²) in [7, 11) is 0. The number of hydrogen-bond acceptors (Lipinski definition) is 2. The molecule has 146 valence electrons. The van der Waals surface area contributed by atoms with E-state index in [1.165, 1.54) is 11.1 Å². The third kappa shape index (κ3) is 3.72. The van der Waals surface area contributed by atoms with Gasteiger partial charge in [0.05, 0.1) is 6.04 Å². The molecule has 0 bridgehead atoms. The highest BCUT2D eigenvalue weighted by Crippen LogP contribution is 2.29. The molecule has 1 atom stereocenters. The molecule has 4 nitrogen and oxygen atoms in total. The van der Waals surface area contributed by atoms with Crippen LogP contribution in [-0.2, 0) is 6.42 Å². The van der Waals surface area contributed by atoms with Crippen molar-refractivity contribution in [3.63, 3.8) is 0 Å². The van der Waals surface area contributed by atoms with Gasteiger partial charge in [-0.3, -0.25) is 4.90 Å². The van der Waals surface area contributed by atoms with Gasteiger partial charge >= 0.3 is 6.03 Å². The molecule has 1 aliphatic heterocycles. The Labute approximate surface area is 168 Å². The quantitative estimate of drug-likeness (QED) is 0.621. The van der Waals surface area contributed by atoms with Gasteiger partial charge in [0, 0.05) is 24.3 Å². The number of amides is 2. The van der Waals surface area contributed by atoms with Crippen LogP contribution in [0.2, 0.25) is 0 Å². The first-order chi connectivity index (χ1) is 13.5. The molecule has 1 aromatic heterocycles. The van der Waals surface area contributed by atoms with Crippen molar-refractivity contribution >= 4 is 17.4 Å². The van der Waals surface area contributed by atoms with Gasteiger partial charge in [-0.1, -0.05) is 49.9 Å². The lowest BCUT2D eigenvalue weighted by molar-refractivity contribution is 0.205. The molecule has 4 heteroatoms. The van der Waals surface area contributed by atoms with E-state index in [2.05, 4.69) is 44.7 Å². The van der Waals surface area contributed by atoms with Crippen LogP contribution in [0.25, 0.3) is 5.57 Å². The maximum atomic E-state index is 13.1. The van der Waals surface area contributed by atoms with E-state index in [9.17, 15) is 4.79 Å². The van der Waals surface area contributed by atoms with Crippen molar-refractivity contribution in [1.82, 2.24) is 9.88 Å². The Morgan fingerprint density at radius 3 is 2.71 bits per heavy atom. The topological polar surface area (TPSA) is 36.4 Å². The summed E-state index contributed by atoms with van der Waals surface area (Å²) in [4.78, 5) is 21.5. The van der Waals surface area contributed by atoms with E-state index in [1.807, 2.05) is 43.0 Å². The van der Waals surface area contributed by atoms with E-state index >= 15 is 0 Å². The summed E-state index contributed by atoms with van der Waals surface area (Å²) in [6, 6.07) is 12.5. The normalized spacial score (nSPS) is 15.9. The van der Waals surface area contributed by atoms with E-state index in [4.69, 9.17) is 4.98 Å². The van der Waals surface area contributed by atoms with Crippen LogP contribution in [-0.4, -0.2) is 29.0 Å². The molecule has 1 saturated heterocycles. The van der Waals surface area contributed by atoms with Crippen molar-refractivity contribution in [2.45, 2.75) is 40.2 Å². The van der Waals surface area contributed by atoms with Crippen molar-refractivity contribution in [3.05, 3.63) is 77.5 Å². The van der Waals surface area contributed by atoms with Crippen LogP contribution in [0.1, 0.15) is 49.2 Å². The molecule has 0 spiro atoms. The molecule has 3 rings (SSSR count). The minimum Gasteiger partial charge on any atom is -0.316 e. The Hall–Kier alpha value is -2.88. The number of carbonyl (C=O) groups excluding carboxylic acids is 1. The van der Waals surface area contributed by atoms with Gasteiger partial charge < -0.3 is 4.90 Å². The first-order valence-electron chi connectivity index (χ1n) is 9.93. The highest BCUT2D eigenvalue weighted by atomic mass is 16.2. The summed E-state index contributed by atoms with van der Waals surface area (Å²) in [5, 5.41) is 0. The number of allylic oxidation sites excluding steroid dienone is 3. The summed E-state index contributed by atoms with van der Waals surface area (Å²) in [5.41, 5.74) is 5.48. The second-order valence-electron chi connectivity index (χ2n) is 7.15. The number of pyridine rings is 1. The van der Waals surface area contributed by atoms with Crippen molar-refractivity contribution in [2.75, 3.05) is 18.0 Å². The minimum absolute atomic E-state index is 0.0176. The van der Waals surface area contributed by atoms with Crippen LogP contribution in [0.5, 0.6) is 0 Å². The monoisotopic (exact) mass is 375 g/mol. The number of nitrogens with zero attached hydrogens (tertiary/aromatic N) is 3. The second kappa shape index (κ2) is 8.42. The molecule has 0 radical (unpaired) electrons. The summed E-state index contributed by atoms with van der Waals surface area (Å²) in [5.74, 6) is 0.711. The van der Waals surface area contributed by atoms with Gasteiger partial charge in [0.2, 0.25) is 0 Å². The van der Waals surface area contributed by atoms with Gasteiger partial charge in [0.25, 0.3) is 0 Å². The van der Waals surface area contributed by atoms with Gasteiger partial charge in [-0.05, 0) is 56.0 Å². The van der Waals surface area contributed by atoms with E-state index in [0.29, 0.717) is 18.9 Å². The molecule has 2 heterocycles. The van der Waals surface area contributed by atoms with Gasteiger partial charge in [-0.25, -0.2) is 9.78 Å². The average molecular weight is 376 g/mol. The Morgan fingerprint density at radius 1 is 1.29 bits per heavy atom. The summed E-state index contributed by atoms with van der Waals surface area (Å²) in [6.45, 7) is 13.4. The van der Waals surface area contributed by atoms with Gasteiger partial charge in [-0.2, -0.15) is 0 Å². The molecule has 0 aliphatic carbocycles. The average Bonchev–Trinajstić information content (AvgIpc) is 3.10. The fraction of sp³-hybridized carbons (Fsp3) is 0.333. The predicted molar refractivity (Wildman–Crippen MR) is 117 cm³/mol. The molecule has 0 saturated carbocycles. The highest BCUT2D eigenvalue weighted by molar-refractivity contribution is 5.93. The number of rotatable bonds is 6. The van der Waals surface area contributed by atoms with Crippen LogP contribution in [0.4, 0.5) is 10.6 Å². The highest BCUT2D eigenvalue weighted by Gasteiger charge is 2.34. The van der Waals surface area contributed by atoms with Crippen LogP contribution < -0.4 is 4.90 Å². The smallest absolute Gasteiger partial charge is 0.316 e. The molecule has 2 amide bonds. The Bertz CT molecular complexity index is 916. The zero-order chi connectivity index (χ0) is 20.3. The lowest BCUT2D eigenvalue weighted by Gasteiger charge is -2.25. The van der Waals surface area contributed by atoms with E-state index in [1.54, 1.807) is 4.90 Å². The standard InChI is InChI=1S/C24H29N3O/c1-6-19-10-9-11-21(16-19)18(5)26-14-15-27(24(26)28)23-13-12-22(17(4)25-23)20(7-2)8-3/h7-13,16,18H,2,6,14-15H2,1,3-5H3/b20-8+. The van der Waals surface area contributed by atoms with Crippen molar-refractivity contribution in [2.24, 2.45) is 0 Å². The van der Waals surface area contributed by atoms with Gasteiger partial charge in [0.15, 0.2) is 0 Å². The van der Waals surface area contributed by atoms with Crippen LogP contribution in [0.15, 0.2) is 55.1 Å². The lowest BCUT2D eigenvalue weighted by atomic mass is 10.0. The van der Waals surface area contributed by atoms with Crippen LogP contribution in [0.3, 0.4) is 0 Å². The van der Waals surface area contributed by atoms with Crippen molar-refractivity contribution in [3.8, 4) is 0 Å². The number of anilines is 1. The second-order valence-corrected chi connectivity index (χ2v) is 7.15. The number of aryl methyl sites for hydroxylation is 2. The summed E-state index contributed by atoms with van der Waals surface area (Å²) >= 11 is 0. The lowest BCUT2D eigenvalue weighted by Crippen LogP contribution is -2.34. The maximum absolute atomic E-state index is 13.1. The zero-order valence-electron chi connectivity index (χ0n) is 17.3. The molecular formula is C24H29N3O. The van der Waals surface area contributed by atoms with Crippen LogP contribution in [0, 0.1) is 6.92 Å². The first kappa shape index (κ1) is 19.9. The van der Waals surface area contributed by atoms with Crippen molar-refractivity contribution in [1.29, 1.82) is 0 Å². The van der Waals surface area contributed by atoms with E-state index in [-0.39, 0.29) is 12.1 Å². The number of urea groups is 1. The molecule has 0 N–H and O–H groups in total. The fourth-order valence-corrected chi connectivity index (χ4v) is 3.77. The van der Waals surface area contributed by atoms with E-state index < -0.39 is 0 Å². The Kier molecular flexibility index (Phi) is 5.98. The van der Waals surface area contributed by atoms with Gasteiger partial charge in [-0.15, -0.1) is 0 Å². The molecule has 1 unspecified atom stereocenters. The van der Waals surface area contributed by atoms with Gasteiger partial charge in [0.1, 0.15) is 5.82 Å². The zero-order valence-corrected chi connectivity index (χ0v) is 17.3. The molecular weight excluding hydrogens is 346 g/mol. The third-order valence-electron chi connectivity index (χ3n) is 5.54. The number of benzene rings is 1. The Balaban J connectivity index is 1.82. The predicted octanol–water partition coefficient (Wildman–Crippen LogP) is 5.54. The molecule has 2 aromatic rings. The fourth-order valence-electron chi connectivity index (χ4n) is 3.77. The number of hydrogen-bond donors (Lipinski definition) is 0. The maximum Gasteiger partial charge on any atom is 0.326 e. The minimum atomic E-state index is 0.0176. The molecule has 1 fully saturated rings. The van der Waals surface area contributed by atoms with E-state index in [0.717, 1.165) is 23.3 Å². The molecule has 28 heavy (non-hydrogen) atoms. The number of carbonyl (C=O) groups is 1. The summed E-state index contributed by atoms with van der Waals surface area (Å²) < 4.78 is 0. The number of aromatic nitrogens is 1. The Morgan fingerprint density at radius 2 is 2.07 bits per heavy atom. The van der Waals surface area contributed by atoms with Crippen LogP contribution >= 0.6 is 0 Å². The molecule has 1 aromatic carbocycles. The van der Waals surface area contributed by atoms with Crippen molar-refractivity contribution < 1.29 is 4.79 Å². The first-order valence-corrected chi connectivity index (χ1v) is 9.93. The molecule has 1 aliphatic rings. The largest absolute Gasteiger partial charge is 0.326 e. The SMILES string of the molecule is C=C/C(=C\C)c1ccc(N2CCN(C(C)c3cccc(CC)c3)C2=O)nc1C. The third-order valence-corrected chi connectivity index (χ3v) is 5.54. The summed E-state index contributed by atoms with van der Waals surface area (Å²) in [6.07, 6.45) is 4.85.